The van der Waals surface area contributed by atoms with Crippen LogP contribution in [-0.2, 0) is 4.79 Å². The Balaban J connectivity index is 1.75. The number of hydrogen-bond acceptors (Lipinski definition) is 4. The number of carbonyl (C=O) groups is 2. The van der Waals surface area contributed by atoms with Crippen molar-refractivity contribution in [2.24, 2.45) is 4.99 Å². The smallest absolute Gasteiger partial charge is 0.269 e. The number of hydrogen-bond donors (Lipinski definition) is 2. The summed E-state index contributed by atoms with van der Waals surface area (Å²) in [7, 11) is 1.37. The van der Waals surface area contributed by atoms with Gasteiger partial charge < -0.3 is 15.4 Å². The van der Waals surface area contributed by atoms with Crippen LogP contribution in [0.1, 0.15) is 21.5 Å². The first-order valence-corrected chi connectivity index (χ1v) is 9.72. The van der Waals surface area contributed by atoms with Gasteiger partial charge in [0.2, 0.25) is 6.17 Å². The van der Waals surface area contributed by atoms with Gasteiger partial charge in [0.1, 0.15) is 11.6 Å². The molecule has 6 nitrogen and oxygen atoms in total. The first-order valence-electron chi connectivity index (χ1n) is 9.34. The molecular weight excluding hydrogens is 421 g/mol. The Morgan fingerprint density at radius 1 is 1.13 bits per heavy atom. The number of halogens is 2. The standard InChI is InChI=1S/C23H17ClFN3O3/c1-31-19-11-10-15(25)12-17(19)22(29)28-21-23(30)26-18-5-3-2-4-16(18)20(27-21)13-6-8-14(24)9-7-13/h2-12,21H,1H3,(H,26,30)(H,28,29). The van der Waals surface area contributed by atoms with Crippen molar-refractivity contribution in [2.75, 3.05) is 12.4 Å². The predicted octanol–water partition coefficient (Wildman–Crippen LogP) is 4.03. The zero-order valence-corrected chi connectivity index (χ0v) is 17.1. The number of fused-ring (bicyclic) bond motifs is 1. The number of anilines is 1. The Morgan fingerprint density at radius 3 is 2.61 bits per heavy atom. The summed E-state index contributed by atoms with van der Waals surface area (Å²) in [6.45, 7) is 0. The fraction of sp³-hybridized carbons (Fsp3) is 0.0870. The molecule has 1 unspecified atom stereocenters. The number of aliphatic imine (C=N–C) groups is 1. The van der Waals surface area contributed by atoms with E-state index in [-0.39, 0.29) is 11.3 Å². The van der Waals surface area contributed by atoms with Crippen molar-refractivity contribution in [3.8, 4) is 5.75 Å². The van der Waals surface area contributed by atoms with E-state index in [0.717, 1.165) is 11.6 Å². The highest BCUT2D eigenvalue weighted by molar-refractivity contribution is 6.30. The zero-order chi connectivity index (χ0) is 22.0. The summed E-state index contributed by atoms with van der Waals surface area (Å²) in [6.07, 6.45) is -1.25. The quantitative estimate of drug-likeness (QED) is 0.646. The summed E-state index contributed by atoms with van der Waals surface area (Å²) in [6, 6.07) is 17.7. The van der Waals surface area contributed by atoms with Crippen LogP contribution in [0.15, 0.2) is 71.7 Å². The molecule has 2 N–H and O–H groups in total. The third kappa shape index (κ3) is 4.27. The van der Waals surface area contributed by atoms with Crippen molar-refractivity contribution in [2.45, 2.75) is 6.17 Å². The Bertz CT molecular complexity index is 1190. The minimum Gasteiger partial charge on any atom is -0.496 e. The van der Waals surface area contributed by atoms with Crippen molar-refractivity contribution in [1.82, 2.24) is 5.32 Å². The second-order valence-corrected chi connectivity index (χ2v) is 7.18. The van der Waals surface area contributed by atoms with Gasteiger partial charge in [-0.2, -0.15) is 0 Å². The Kier molecular flexibility index (Phi) is 5.68. The number of benzene rings is 3. The largest absolute Gasteiger partial charge is 0.496 e. The molecule has 1 aliphatic rings. The molecule has 1 aliphatic heterocycles. The Morgan fingerprint density at radius 2 is 1.87 bits per heavy atom. The minimum absolute atomic E-state index is 0.0414. The number of nitrogens with one attached hydrogen (secondary N) is 2. The molecule has 156 valence electrons. The van der Waals surface area contributed by atoms with Gasteiger partial charge in [0.05, 0.1) is 24.1 Å². The monoisotopic (exact) mass is 437 g/mol. The van der Waals surface area contributed by atoms with Crippen molar-refractivity contribution >= 4 is 34.8 Å². The molecule has 3 aromatic carbocycles. The van der Waals surface area contributed by atoms with Crippen LogP contribution in [0.25, 0.3) is 0 Å². The third-order valence-corrected chi connectivity index (χ3v) is 4.99. The number of nitrogens with zero attached hydrogens (tertiary/aromatic N) is 1. The van der Waals surface area contributed by atoms with Gasteiger partial charge >= 0.3 is 0 Å². The van der Waals surface area contributed by atoms with E-state index in [1.165, 1.54) is 19.2 Å². The molecule has 8 heteroatoms. The van der Waals surface area contributed by atoms with Gasteiger partial charge in [0.15, 0.2) is 0 Å². The van der Waals surface area contributed by atoms with E-state index >= 15 is 0 Å². The molecule has 1 atom stereocenters. The van der Waals surface area contributed by atoms with Gasteiger partial charge in [-0.15, -0.1) is 0 Å². The molecule has 3 aromatic rings. The van der Waals surface area contributed by atoms with Gasteiger partial charge in [-0.05, 0) is 36.4 Å². The second kappa shape index (κ2) is 8.57. The van der Waals surface area contributed by atoms with E-state index in [1.54, 1.807) is 36.4 Å². The average molecular weight is 438 g/mol. The van der Waals surface area contributed by atoms with Crippen molar-refractivity contribution < 1.29 is 18.7 Å². The molecular formula is C23H17ClFN3O3. The van der Waals surface area contributed by atoms with Gasteiger partial charge in [0.25, 0.3) is 11.8 Å². The maximum Gasteiger partial charge on any atom is 0.269 e. The molecule has 0 aromatic heterocycles. The fourth-order valence-corrected chi connectivity index (χ4v) is 3.38. The molecule has 0 spiro atoms. The predicted molar refractivity (Wildman–Crippen MR) is 116 cm³/mol. The van der Waals surface area contributed by atoms with E-state index < -0.39 is 23.8 Å². The normalized spacial score (nSPS) is 15.3. The second-order valence-electron chi connectivity index (χ2n) is 6.74. The Hall–Kier alpha value is -3.71. The highest BCUT2D eigenvalue weighted by Gasteiger charge is 2.28. The van der Waals surface area contributed by atoms with Crippen molar-refractivity contribution in [1.29, 1.82) is 0 Å². The summed E-state index contributed by atoms with van der Waals surface area (Å²) in [4.78, 5) is 30.2. The molecule has 1 heterocycles. The average Bonchev–Trinajstić information content (AvgIpc) is 2.90. The minimum atomic E-state index is -1.25. The highest BCUT2D eigenvalue weighted by Crippen LogP contribution is 2.25. The van der Waals surface area contributed by atoms with Crippen LogP contribution >= 0.6 is 11.6 Å². The molecule has 0 aliphatic carbocycles. The van der Waals surface area contributed by atoms with Crippen molar-refractivity contribution in [3.63, 3.8) is 0 Å². The number of para-hydroxylation sites is 1. The number of methoxy groups -OCH3 is 1. The summed E-state index contributed by atoms with van der Waals surface area (Å²) in [5, 5.41) is 5.90. The fourth-order valence-electron chi connectivity index (χ4n) is 3.25. The van der Waals surface area contributed by atoms with E-state index in [4.69, 9.17) is 16.3 Å². The molecule has 0 bridgehead atoms. The first kappa shape index (κ1) is 20.6. The van der Waals surface area contributed by atoms with Crippen LogP contribution in [0.4, 0.5) is 10.1 Å². The maximum atomic E-state index is 13.7. The number of amides is 2. The zero-order valence-electron chi connectivity index (χ0n) is 16.4. The van der Waals surface area contributed by atoms with Gasteiger partial charge in [-0.3, -0.25) is 9.59 Å². The molecule has 0 saturated heterocycles. The number of rotatable bonds is 4. The highest BCUT2D eigenvalue weighted by atomic mass is 35.5. The van der Waals surface area contributed by atoms with Crippen LogP contribution in [0.3, 0.4) is 0 Å². The van der Waals surface area contributed by atoms with Gasteiger partial charge in [-0.1, -0.05) is 41.9 Å². The van der Waals surface area contributed by atoms with E-state index in [1.807, 2.05) is 12.1 Å². The van der Waals surface area contributed by atoms with Gasteiger partial charge in [0, 0.05) is 16.1 Å². The summed E-state index contributed by atoms with van der Waals surface area (Å²) in [5.74, 6) is -1.64. The van der Waals surface area contributed by atoms with Crippen LogP contribution in [0.5, 0.6) is 5.75 Å². The van der Waals surface area contributed by atoms with Crippen LogP contribution in [-0.4, -0.2) is 30.8 Å². The third-order valence-electron chi connectivity index (χ3n) is 4.74. The molecule has 0 radical (unpaired) electrons. The van der Waals surface area contributed by atoms with Crippen LogP contribution in [0, 0.1) is 5.82 Å². The van der Waals surface area contributed by atoms with E-state index in [2.05, 4.69) is 15.6 Å². The summed E-state index contributed by atoms with van der Waals surface area (Å²) < 4.78 is 18.8. The Labute approximate surface area is 182 Å². The number of carbonyl (C=O) groups excluding carboxylic acids is 2. The lowest BCUT2D eigenvalue weighted by Gasteiger charge is -2.15. The summed E-state index contributed by atoms with van der Waals surface area (Å²) in [5.41, 5.74) is 2.43. The molecule has 0 fully saturated rings. The molecule has 31 heavy (non-hydrogen) atoms. The van der Waals surface area contributed by atoms with E-state index in [0.29, 0.717) is 22.0 Å². The lowest BCUT2D eigenvalue weighted by Crippen LogP contribution is -2.42. The molecule has 0 saturated carbocycles. The van der Waals surface area contributed by atoms with E-state index in [9.17, 15) is 14.0 Å². The number of ether oxygens (including phenoxy) is 1. The van der Waals surface area contributed by atoms with Crippen LogP contribution < -0.4 is 15.4 Å². The lowest BCUT2D eigenvalue weighted by molar-refractivity contribution is -0.117. The summed E-state index contributed by atoms with van der Waals surface area (Å²) >= 11 is 6.01. The maximum absolute atomic E-state index is 13.7. The van der Waals surface area contributed by atoms with Gasteiger partial charge in [-0.25, -0.2) is 9.38 Å². The SMILES string of the molecule is COc1ccc(F)cc1C(=O)NC1N=C(c2ccc(Cl)cc2)c2ccccc2NC1=O. The molecule has 2 amide bonds. The van der Waals surface area contributed by atoms with Crippen molar-refractivity contribution in [3.05, 3.63) is 94.3 Å². The first-order chi connectivity index (χ1) is 15.0. The topological polar surface area (TPSA) is 79.8 Å². The number of benzodiazepines with no additional fused rings is 1. The lowest BCUT2D eigenvalue weighted by atomic mass is 10.0. The van der Waals surface area contributed by atoms with Crippen LogP contribution in [0.2, 0.25) is 5.02 Å². The molecule has 4 rings (SSSR count).